The average molecular weight is 468 g/mol. The molecule has 0 saturated carbocycles. The lowest BCUT2D eigenvalue weighted by atomic mass is 9.91. The molecule has 3 aromatic carbocycles. The molecular weight excluding hydrogens is 445 g/mol. The summed E-state index contributed by atoms with van der Waals surface area (Å²) in [4.78, 5) is 25.2. The summed E-state index contributed by atoms with van der Waals surface area (Å²) in [5.41, 5.74) is 1.52. The number of hydrogen-bond donors (Lipinski definition) is 2. The zero-order chi connectivity index (χ0) is 24.1. The van der Waals surface area contributed by atoms with E-state index in [9.17, 15) is 22.8 Å². The van der Waals surface area contributed by atoms with Crippen LogP contribution in [-0.2, 0) is 9.59 Å². The van der Waals surface area contributed by atoms with Gasteiger partial charge < -0.3 is 15.4 Å². The quantitative estimate of drug-likeness (QED) is 0.492. The summed E-state index contributed by atoms with van der Waals surface area (Å²) in [5.74, 6) is -1.42. The number of carbonyl (C=O) groups is 2. The summed E-state index contributed by atoms with van der Waals surface area (Å²) in [6, 6.07) is 23.1. The van der Waals surface area contributed by atoms with Crippen molar-refractivity contribution >= 4 is 11.8 Å². The summed E-state index contributed by atoms with van der Waals surface area (Å²) >= 11 is 0. The normalized spacial score (nSPS) is 19.1. The summed E-state index contributed by atoms with van der Waals surface area (Å²) in [6.45, 7) is 0. The van der Waals surface area contributed by atoms with Crippen molar-refractivity contribution in [1.29, 1.82) is 0 Å². The fourth-order valence-corrected chi connectivity index (χ4v) is 3.90. The second kappa shape index (κ2) is 9.99. The van der Waals surface area contributed by atoms with Crippen molar-refractivity contribution in [3.63, 3.8) is 0 Å². The van der Waals surface area contributed by atoms with E-state index in [2.05, 4.69) is 5.32 Å². The van der Waals surface area contributed by atoms with Gasteiger partial charge in [-0.2, -0.15) is 13.2 Å². The fraction of sp³-hybridized carbons (Fsp3) is 0.231. The van der Waals surface area contributed by atoms with Crippen molar-refractivity contribution in [3.05, 3.63) is 96.1 Å². The number of hydrogen-bond acceptors (Lipinski definition) is 3. The molecule has 34 heavy (non-hydrogen) atoms. The highest BCUT2D eigenvalue weighted by Crippen LogP contribution is 2.30. The first-order valence-electron chi connectivity index (χ1n) is 10.9. The Morgan fingerprint density at radius 1 is 0.853 bits per heavy atom. The Balaban J connectivity index is 1.51. The Labute approximate surface area is 194 Å². The van der Waals surface area contributed by atoms with E-state index in [4.69, 9.17) is 4.74 Å². The number of piperidine rings is 1. The highest BCUT2D eigenvalue weighted by molar-refractivity contribution is 6.01. The van der Waals surface area contributed by atoms with E-state index in [1.807, 2.05) is 66.0 Å². The number of carbonyl (C=O) groups excluding carboxylic acids is 2. The molecule has 0 aliphatic carbocycles. The third-order valence-corrected chi connectivity index (χ3v) is 5.70. The highest BCUT2D eigenvalue weighted by Gasteiger charge is 2.46. The minimum Gasteiger partial charge on any atom is -0.457 e. The second-order valence-corrected chi connectivity index (χ2v) is 8.07. The van der Waals surface area contributed by atoms with Crippen molar-refractivity contribution in [2.75, 3.05) is 0 Å². The van der Waals surface area contributed by atoms with Crippen LogP contribution in [0.5, 0.6) is 11.5 Å². The van der Waals surface area contributed by atoms with Gasteiger partial charge in [-0.1, -0.05) is 60.7 Å². The number of halogens is 3. The lowest BCUT2D eigenvalue weighted by Crippen LogP contribution is -2.54. The van der Waals surface area contributed by atoms with Gasteiger partial charge in [0.25, 0.3) is 0 Å². The van der Waals surface area contributed by atoms with Gasteiger partial charge in [0.15, 0.2) is 0 Å². The predicted octanol–water partition coefficient (Wildman–Crippen LogP) is 5.14. The number of nitrogens with one attached hydrogen (secondary N) is 2. The van der Waals surface area contributed by atoms with E-state index in [0.29, 0.717) is 11.5 Å². The summed E-state index contributed by atoms with van der Waals surface area (Å²) in [7, 11) is 0. The molecule has 1 heterocycles. The zero-order valence-corrected chi connectivity index (χ0v) is 18.1. The number of alkyl halides is 3. The first kappa shape index (κ1) is 23.4. The van der Waals surface area contributed by atoms with Crippen LogP contribution >= 0.6 is 0 Å². The second-order valence-electron chi connectivity index (χ2n) is 8.07. The summed E-state index contributed by atoms with van der Waals surface area (Å²) in [6.07, 6.45) is -5.05. The van der Waals surface area contributed by atoms with E-state index < -0.39 is 36.0 Å². The molecule has 0 aromatic heterocycles. The zero-order valence-electron chi connectivity index (χ0n) is 18.1. The fourth-order valence-electron chi connectivity index (χ4n) is 3.90. The Bertz CT molecular complexity index is 1120. The van der Waals surface area contributed by atoms with Crippen LogP contribution in [0.15, 0.2) is 84.9 Å². The molecular formula is C26H23F3N2O3. The highest BCUT2D eigenvalue weighted by atomic mass is 19.4. The van der Waals surface area contributed by atoms with E-state index in [1.165, 1.54) is 0 Å². The van der Waals surface area contributed by atoms with Crippen LogP contribution < -0.4 is 15.4 Å². The molecule has 0 spiro atoms. The van der Waals surface area contributed by atoms with Gasteiger partial charge in [-0.3, -0.25) is 9.59 Å². The molecule has 3 atom stereocenters. The molecule has 1 fully saturated rings. The monoisotopic (exact) mass is 468 g/mol. The average Bonchev–Trinajstić information content (AvgIpc) is 2.83. The maximum absolute atomic E-state index is 13.0. The molecule has 176 valence electrons. The number of rotatable bonds is 6. The van der Waals surface area contributed by atoms with Gasteiger partial charge in [0, 0.05) is 0 Å². The Morgan fingerprint density at radius 3 is 2.00 bits per heavy atom. The Morgan fingerprint density at radius 2 is 1.41 bits per heavy atom. The summed E-state index contributed by atoms with van der Waals surface area (Å²) in [5, 5.41) is 4.78. The van der Waals surface area contributed by atoms with Gasteiger partial charge in [-0.15, -0.1) is 0 Å². The van der Waals surface area contributed by atoms with Crippen LogP contribution in [0.2, 0.25) is 0 Å². The van der Waals surface area contributed by atoms with Crippen molar-refractivity contribution in [2.45, 2.75) is 31.1 Å². The third-order valence-electron chi connectivity index (χ3n) is 5.70. The van der Waals surface area contributed by atoms with E-state index in [0.717, 1.165) is 11.1 Å². The molecule has 0 bridgehead atoms. The maximum atomic E-state index is 13.0. The molecule has 1 aliphatic heterocycles. The van der Waals surface area contributed by atoms with Gasteiger partial charge in [-0.25, -0.2) is 0 Å². The van der Waals surface area contributed by atoms with Crippen molar-refractivity contribution in [3.8, 4) is 11.5 Å². The van der Waals surface area contributed by atoms with Crippen LogP contribution in [0.25, 0.3) is 0 Å². The summed E-state index contributed by atoms with van der Waals surface area (Å²) < 4.78 is 44.6. The van der Waals surface area contributed by atoms with E-state index >= 15 is 0 Å². The minimum atomic E-state index is -4.53. The maximum Gasteiger partial charge on any atom is 0.408 e. The smallest absolute Gasteiger partial charge is 0.408 e. The van der Waals surface area contributed by atoms with Crippen LogP contribution in [0.4, 0.5) is 13.2 Å². The van der Waals surface area contributed by atoms with Crippen molar-refractivity contribution < 1.29 is 27.5 Å². The number of benzene rings is 3. The lowest BCUT2D eigenvalue weighted by molar-refractivity contribution is -0.171. The molecule has 2 amide bonds. The number of para-hydroxylation sites is 1. The number of amides is 2. The molecule has 3 aromatic rings. The lowest BCUT2D eigenvalue weighted by Gasteiger charge is -2.31. The largest absolute Gasteiger partial charge is 0.457 e. The Kier molecular flexibility index (Phi) is 6.86. The third kappa shape index (κ3) is 5.57. The van der Waals surface area contributed by atoms with E-state index in [-0.39, 0.29) is 12.8 Å². The molecule has 0 radical (unpaired) electrons. The Hall–Kier alpha value is -3.81. The molecule has 2 N–H and O–H groups in total. The topological polar surface area (TPSA) is 67.4 Å². The van der Waals surface area contributed by atoms with Crippen LogP contribution in [0.1, 0.15) is 30.0 Å². The van der Waals surface area contributed by atoms with Crippen LogP contribution in [0.3, 0.4) is 0 Å². The van der Waals surface area contributed by atoms with E-state index in [1.54, 1.807) is 24.3 Å². The first-order valence-corrected chi connectivity index (χ1v) is 10.9. The van der Waals surface area contributed by atoms with Crippen LogP contribution in [-0.4, -0.2) is 24.0 Å². The SMILES string of the molecule is O=C(NC(c1ccccc1)c1ccc(Oc2ccccc2)cc1)C1CCC(C(F)(F)F)NC1=O. The molecule has 3 unspecified atom stereocenters. The molecule has 5 nitrogen and oxygen atoms in total. The van der Waals surface area contributed by atoms with Gasteiger partial charge in [-0.05, 0) is 48.2 Å². The molecule has 4 rings (SSSR count). The predicted molar refractivity (Wildman–Crippen MR) is 120 cm³/mol. The van der Waals surface area contributed by atoms with Crippen LogP contribution in [0, 0.1) is 5.92 Å². The van der Waals surface area contributed by atoms with Gasteiger partial charge in [0.2, 0.25) is 11.8 Å². The van der Waals surface area contributed by atoms with Gasteiger partial charge in [0.05, 0.1) is 6.04 Å². The molecule has 8 heteroatoms. The van der Waals surface area contributed by atoms with Gasteiger partial charge in [0.1, 0.15) is 23.5 Å². The molecule has 1 saturated heterocycles. The standard InChI is InChI=1S/C26H23F3N2O3/c27-26(28,29)22-16-15-21(24(32)30-22)25(33)31-23(17-7-3-1-4-8-17)18-11-13-20(14-12-18)34-19-9-5-2-6-10-19/h1-14,21-23H,15-16H2,(H,30,32)(H,31,33). The first-order chi connectivity index (χ1) is 16.3. The van der Waals surface area contributed by atoms with Crippen molar-refractivity contribution in [2.24, 2.45) is 5.92 Å². The van der Waals surface area contributed by atoms with Gasteiger partial charge >= 0.3 is 6.18 Å². The number of ether oxygens (including phenoxy) is 1. The minimum absolute atomic E-state index is 0.173. The van der Waals surface area contributed by atoms with Crippen molar-refractivity contribution in [1.82, 2.24) is 10.6 Å². The molecule has 1 aliphatic rings.